The Morgan fingerprint density at radius 3 is 2.69 bits per heavy atom. The number of nitrogens with one attached hydrogen (secondary N) is 2. The summed E-state index contributed by atoms with van der Waals surface area (Å²) in [6.07, 6.45) is 1.88. The van der Waals surface area contributed by atoms with Crippen LogP contribution in [0.2, 0.25) is 0 Å². The molecule has 3 rings (SSSR count). The van der Waals surface area contributed by atoms with E-state index in [1.54, 1.807) is 23.6 Å². The molecule has 1 aromatic heterocycles. The van der Waals surface area contributed by atoms with Crippen LogP contribution in [-0.2, 0) is 20.7 Å². The molecule has 2 amide bonds. The van der Waals surface area contributed by atoms with Crippen molar-refractivity contribution in [3.05, 3.63) is 41.4 Å². The van der Waals surface area contributed by atoms with E-state index in [2.05, 4.69) is 10.3 Å². The number of methoxy groups -OCH3 is 1. The zero-order valence-corrected chi connectivity index (χ0v) is 17.4. The van der Waals surface area contributed by atoms with Gasteiger partial charge in [-0.2, -0.15) is 0 Å². The van der Waals surface area contributed by atoms with Crippen LogP contribution in [0.5, 0.6) is 5.75 Å². The van der Waals surface area contributed by atoms with Gasteiger partial charge >= 0.3 is 0 Å². The number of nitrogens with zero attached hydrogens (tertiary/aromatic N) is 2. The summed E-state index contributed by atoms with van der Waals surface area (Å²) < 4.78 is 10.6. The molecular weight excluding hydrogens is 392 g/mol. The first kappa shape index (κ1) is 21.2. The summed E-state index contributed by atoms with van der Waals surface area (Å²) in [6, 6.07) is 7.41. The highest BCUT2D eigenvalue weighted by Crippen LogP contribution is 2.13. The molecule has 1 aliphatic heterocycles. The Kier molecular flexibility index (Phi) is 7.97. The molecule has 156 valence electrons. The van der Waals surface area contributed by atoms with Gasteiger partial charge in [0.05, 0.1) is 39.8 Å². The van der Waals surface area contributed by atoms with Crippen LogP contribution in [-0.4, -0.2) is 74.7 Å². The normalized spacial score (nSPS) is 14.4. The van der Waals surface area contributed by atoms with Crippen molar-refractivity contribution in [2.24, 2.45) is 0 Å². The summed E-state index contributed by atoms with van der Waals surface area (Å²) in [5.74, 6) is 0.439. The number of anilines is 1. The summed E-state index contributed by atoms with van der Waals surface area (Å²) in [7, 11) is 1.61. The fourth-order valence-electron chi connectivity index (χ4n) is 3.14. The third-order valence-electron chi connectivity index (χ3n) is 4.82. The van der Waals surface area contributed by atoms with Crippen molar-refractivity contribution >= 4 is 28.3 Å². The van der Waals surface area contributed by atoms with Gasteiger partial charge in [0.2, 0.25) is 11.8 Å². The minimum atomic E-state index is -0.236. The molecule has 1 aromatic carbocycles. The SMILES string of the molecule is COc1ccc(CC(=O)N(CC[NH+]2CCOCC2)CC(=O)Nc2nccs2)cc1. The van der Waals surface area contributed by atoms with Crippen LogP contribution in [0.15, 0.2) is 35.8 Å². The maximum atomic E-state index is 12.9. The second-order valence-corrected chi connectivity index (χ2v) is 7.73. The van der Waals surface area contributed by atoms with Gasteiger partial charge in [-0.1, -0.05) is 12.1 Å². The average molecular weight is 420 g/mol. The van der Waals surface area contributed by atoms with Gasteiger partial charge in [0, 0.05) is 11.6 Å². The number of hydrogen-bond donors (Lipinski definition) is 2. The monoisotopic (exact) mass is 419 g/mol. The summed E-state index contributed by atoms with van der Waals surface area (Å²) in [6.45, 7) is 4.65. The molecule has 0 spiro atoms. The lowest BCUT2D eigenvalue weighted by Crippen LogP contribution is -3.14. The molecular formula is C20H27N4O4S+. The van der Waals surface area contributed by atoms with E-state index in [1.165, 1.54) is 16.2 Å². The summed E-state index contributed by atoms with van der Waals surface area (Å²) >= 11 is 1.35. The Morgan fingerprint density at radius 1 is 1.28 bits per heavy atom. The maximum Gasteiger partial charge on any atom is 0.245 e. The molecule has 0 unspecified atom stereocenters. The quantitative estimate of drug-likeness (QED) is 0.601. The van der Waals surface area contributed by atoms with Crippen LogP contribution in [0.25, 0.3) is 0 Å². The minimum absolute atomic E-state index is 0.0123. The van der Waals surface area contributed by atoms with Gasteiger partial charge < -0.3 is 24.6 Å². The number of quaternary nitrogens is 1. The smallest absolute Gasteiger partial charge is 0.245 e. The highest BCUT2D eigenvalue weighted by atomic mass is 32.1. The first-order chi connectivity index (χ1) is 14.1. The van der Waals surface area contributed by atoms with E-state index >= 15 is 0 Å². The van der Waals surface area contributed by atoms with Crippen molar-refractivity contribution in [3.63, 3.8) is 0 Å². The fourth-order valence-corrected chi connectivity index (χ4v) is 3.69. The first-order valence-electron chi connectivity index (χ1n) is 9.65. The van der Waals surface area contributed by atoms with Gasteiger partial charge in [0.25, 0.3) is 0 Å². The van der Waals surface area contributed by atoms with Crippen LogP contribution in [0.3, 0.4) is 0 Å². The lowest BCUT2D eigenvalue weighted by atomic mass is 10.1. The summed E-state index contributed by atoms with van der Waals surface area (Å²) in [4.78, 5) is 32.5. The summed E-state index contributed by atoms with van der Waals surface area (Å²) in [5.41, 5.74) is 0.889. The van der Waals surface area contributed by atoms with Gasteiger partial charge in [-0.15, -0.1) is 11.3 Å². The van der Waals surface area contributed by atoms with E-state index in [0.29, 0.717) is 11.7 Å². The van der Waals surface area contributed by atoms with E-state index in [1.807, 2.05) is 24.3 Å². The molecule has 0 radical (unpaired) electrons. The number of amides is 2. The molecule has 8 nitrogen and oxygen atoms in total. The van der Waals surface area contributed by atoms with Gasteiger partial charge in [-0.3, -0.25) is 9.59 Å². The molecule has 2 N–H and O–H groups in total. The topological polar surface area (TPSA) is 85.2 Å². The average Bonchev–Trinajstić information content (AvgIpc) is 3.25. The van der Waals surface area contributed by atoms with Crippen molar-refractivity contribution in [3.8, 4) is 5.75 Å². The van der Waals surface area contributed by atoms with Crippen molar-refractivity contribution in [1.82, 2.24) is 9.88 Å². The molecule has 0 saturated carbocycles. The van der Waals surface area contributed by atoms with E-state index in [0.717, 1.165) is 44.2 Å². The van der Waals surface area contributed by atoms with Gasteiger partial charge in [0.1, 0.15) is 25.4 Å². The molecule has 1 aliphatic rings. The third-order valence-corrected chi connectivity index (χ3v) is 5.50. The second-order valence-electron chi connectivity index (χ2n) is 6.84. The summed E-state index contributed by atoms with van der Waals surface area (Å²) in [5, 5.41) is 5.09. The highest BCUT2D eigenvalue weighted by molar-refractivity contribution is 7.13. The lowest BCUT2D eigenvalue weighted by molar-refractivity contribution is -0.907. The van der Waals surface area contributed by atoms with Crippen molar-refractivity contribution in [1.29, 1.82) is 0 Å². The van der Waals surface area contributed by atoms with Crippen molar-refractivity contribution in [2.75, 3.05) is 58.4 Å². The molecule has 1 saturated heterocycles. The molecule has 29 heavy (non-hydrogen) atoms. The van der Waals surface area contributed by atoms with Crippen LogP contribution < -0.4 is 15.0 Å². The van der Waals surface area contributed by atoms with E-state index in [-0.39, 0.29) is 24.8 Å². The van der Waals surface area contributed by atoms with Gasteiger partial charge in [-0.25, -0.2) is 4.98 Å². The maximum absolute atomic E-state index is 12.9. The Balaban J connectivity index is 1.60. The Hall–Kier alpha value is -2.49. The number of morpholine rings is 1. The first-order valence-corrected chi connectivity index (χ1v) is 10.5. The van der Waals surface area contributed by atoms with Crippen molar-refractivity contribution in [2.45, 2.75) is 6.42 Å². The predicted octanol–water partition coefficient (Wildman–Crippen LogP) is 0.0766. The largest absolute Gasteiger partial charge is 0.497 e. The molecule has 0 aliphatic carbocycles. The number of carbonyl (C=O) groups is 2. The van der Waals surface area contributed by atoms with E-state index in [4.69, 9.17) is 9.47 Å². The Bertz CT molecular complexity index is 776. The molecule has 0 bridgehead atoms. The number of thiazole rings is 1. The third kappa shape index (κ3) is 6.81. The molecule has 9 heteroatoms. The Labute approximate surface area is 174 Å². The zero-order chi connectivity index (χ0) is 20.5. The number of hydrogen-bond acceptors (Lipinski definition) is 6. The molecule has 1 fully saturated rings. The number of ether oxygens (including phenoxy) is 2. The van der Waals surface area contributed by atoms with E-state index < -0.39 is 0 Å². The van der Waals surface area contributed by atoms with Crippen LogP contribution in [0, 0.1) is 0 Å². The van der Waals surface area contributed by atoms with Gasteiger partial charge in [-0.05, 0) is 17.7 Å². The number of benzene rings is 1. The second kappa shape index (κ2) is 10.9. The van der Waals surface area contributed by atoms with E-state index in [9.17, 15) is 9.59 Å². The zero-order valence-electron chi connectivity index (χ0n) is 16.6. The number of aromatic nitrogens is 1. The molecule has 2 heterocycles. The van der Waals surface area contributed by atoms with Crippen LogP contribution in [0.1, 0.15) is 5.56 Å². The minimum Gasteiger partial charge on any atom is -0.497 e. The standard InChI is InChI=1S/C20H26N4O4S/c1-27-17-4-2-16(3-5-17)14-19(26)24(8-7-23-9-11-28-12-10-23)15-18(25)22-20-21-6-13-29-20/h2-6,13H,7-12,14-15H2,1H3,(H,21,22,25)/p+1. The predicted molar refractivity (Wildman–Crippen MR) is 110 cm³/mol. The van der Waals surface area contributed by atoms with Crippen molar-refractivity contribution < 1.29 is 24.0 Å². The van der Waals surface area contributed by atoms with Crippen LogP contribution >= 0.6 is 11.3 Å². The highest BCUT2D eigenvalue weighted by Gasteiger charge is 2.21. The Morgan fingerprint density at radius 2 is 2.03 bits per heavy atom. The molecule has 0 atom stereocenters. The lowest BCUT2D eigenvalue weighted by Gasteiger charge is -2.27. The number of rotatable bonds is 9. The fraction of sp³-hybridized carbons (Fsp3) is 0.450. The van der Waals surface area contributed by atoms with Crippen LogP contribution in [0.4, 0.5) is 5.13 Å². The van der Waals surface area contributed by atoms with Gasteiger partial charge in [0.15, 0.2) is 5.13 Å². The molecule has 2 aromatic rings. The number of carbonyl (C=O) groups excluding carboxylic acids is 2.